The molecule has 0 fully saturated rings. The highest BCUT2D eigenvalue weighted by Crippen LogP contribution is 2.22. The number of benzene rings is 1. The van der Waals surface area contributed by atoms with Gasteiger partial charge in [-0.25, -0.2) is 8.78 Å². The van der Waals surface area contributed by atoms with Crippen molar-refractivity contribution in [2.24, 2.45) is 11.1 Å². The average Bonchev–Trinajstić information content (AvgIpc) is 2.12. The second-order valence-electron chi connectivity index (χ2n) is 6.19. The third kappa shape index (κ3) is 6.10. The van der Waals surface area contributed by atoms with E-state index in [1.165, 1.54) is 12.1 Å². The topological polar surface area (TPSA) is 26.0 Å². The summed E-state index contributed by atoms with van der Waals surface area (Å²) in [4.78, 5) is 0. The van der Waals surface area contributed by atoms with Gasteiger partial charge in [0.1, 0.15) is 11.6 Å². The first-order valence-electron chi connectivity index (χ1n) is 6.47. The first-order chi connectivity index (χ1) is 8.26. The van der Waals surface area contributed by atoms with Gasteiger partial charge in [0.25, 0.3) is 0 Å². The minimum Gasteiger partial charge on any atom is -0.327 e. The second kappa shape index (κ2) is 6.28. The number of rotatable bonds is 5. The maximum Gasteiger partial charge on any atom is 0.126 e. The number of nitrogens with two attached hydrogens (primary N) is 1. The SMILES string of the molecule is CC(C)(C)CCCC(N)Cc1cc(F)cc(F)c1. The van der Waals surface area contributed by atoms with Crippen LogP contribution in [0, 0.1) is 17.0 Å². The Hall–Kier alpha value is -0.960. The molecule has 0 aliphatic carbocycles. The highest BCUT2D eigenvalue weighted by Gasteiger charge is 2.12. The van der Waals surface area contributed by atoms with Gasteiger partial charge in [-0.3, -0.25) is 0 Å². The molecule has 0 bridgehead atoms. The van der Waals surface area contributed by atoms with E-state index in [9.17, 15) is 8.78 Å². The summed E-state index contributed by atoms with van der Waals surface area (Å²) in [6, 6.07) is 3.56. The van der Waals surface area contributed by atoms with Crippen LogP contribution < -0.4 is 5.73 Å². The van der Waals surface area contributed by atoms with E-state index in [2.05, 4.69) is 20.8 Å². The van der Waals surface area contributed by atoms with Crippen LogP contribution in [0.4, 0.5) is 8.78 Å². The van der Waals surface area contributed by atoms with Gasteiger partial charge in [-0.15, -0.1) is 0 Å². The van der Waals surface area contributed by atoms with Crippen molar-refractivity contribution < 1.29 is 8.78 Å². The monoisotopic (exact) mass is 255 g/mol. The molecular weight excluding hydrogens is 232 g/mol. The summed E-state index contributed by atoms with van der Waals surface area (Å²) in [5.74, 6) is -1.07. The quantitative estimate of drug-likeness (QED) is 0.844. The Morgan fingerprint density at radius 3 is 2.17 bits per heavy atom. The Labute approximate surface area is 108 Å². The molecule has 0 aliphatic rings. The molecule has 3 heteroatoms. The lowest BCUT2D eigenvalue weighted by Crippen LogP contribution is -2.23. The Morgan fingerprint density at radius 1 is 1.11 bits per heavy atom. The second-order valence-corrected chi connectivity index (χ2v) is 6.19. The average molecular weight is 255 g/mol. The molecule has 0 saturated carbocycles. The molecule has 0 aromatic heterocycles. The van der Waals surface area contributed by atoms with E-state index in [4.69, 9.17) is 5.73 Å². The van der Waals surface area contributed by atoms with E-state index in [1.807, 2.05) is 0 Å². The van der Waals surface area contributed by atoms with Gasteiger partial charge in [-0.05, 0) is 42.4 Å². The summed E-state index contributed by atoms with van der Waals surface area (Å²) in [6.45, 7) is 6.58. The van der Waals surface area contributed by atoms with E-state index >= 15 is 0 Å². The van der Waals surface area contributed by atoms with Crippen LogP contribution in [0.15, 0.2) is 18.2 Å². The molecule has 1 atom stereocenters. The molecule has 0 saturated heterocycles. The fourth-order valence-electron chi connectivity index (χ4n) is 2.03. The number of hydrogen-bond donors (Lipinski definition) is 1. The molecule has 1 rings (SSSR count). The Kier molecular flexibility index (Phi) is 5.27. The fraction of sp³-hybridized carbons (Fsp3) is 0.600. The highest BCUT2D eigenvalue weighted by atomic mass is 19.1. The van der Waals surface area contributed by atoms with E-state index in [-0.39, 0.29) is 6.04 Å². The van der Waals surface area contributed by atoms with Gasteiger partial charge in [0.15, 0.2) is 0 Å². The van der Waals surface area contributed by atoms with Crippen LogP contribution in [-0.4, -0.2) is 6.04 Å². The third-order valence-corrected chi connectivity index (χ3v) is 2.92. The predicted molar refractivity (Wildman–Crippen MR) is 71.3 cm³/mol. The summed E-state index contributed by atoms with van der Waals surface area (Å²) in [6.07, 6.45) is 3.56. The van der Waals surface area contributed by atoms with Crippen LogP contribution >= 0.6 is 0 Å². The molecule has 1 aromatic carbocycles. The molecule has 0 radical (unpaired) electrons. The van der Waals surface area contributed by atoms with Gasteiger partial charge in [0, 0.05) is 12.1 Å². The van der Waals surface area contributed by atoms with Gasteiger partial charge in [0.05, 0.1) is 0 Å². The lowest BCUT2D eigenvalue weighted by atomic mass is 9.88. The summed E-state index contributed by atoms with van der Waals surface area (Å²) in [7, 11) is 0. The maximum atomic E-state index is 13.0. The van der Waals surface area contributed by atoms with Gasteiger partial charge in [-0.1, -0.05) is 27.2 Å². The predicted octanol–water partition coefficient (Wildman–Crippen LogP) is 4.05. The number of hydrogen-bond acceptors (Lipinski definition) is 1. The van der Waals surface area contributed by atoms with Crippen LogP contribution in [0.1, 0.15) is 45.6 Å². The molecule has 2 N–H and O–H groups in total. The highest BCUT2D eigenvalue weighted by molar-refractivity contribution is 5.18. The van der Waals surface area contributed by atoms with Crippen molar-refractivity contribution in [3.05, 3.63) is 35.4 Å². The van der Waals surface area contributed by atoms with Gasteiger partial charge < -0.3 is 5.73 Å². The Balaban J connectivity index is 2.42. The van der Waals surface area contributed by atoms with E-state index in [0.29, 0.717) is 17.4 Å². The van der Waals surface area contributed by atoms with Crippen molar-refractivity contribution in [3.8, 4) is 0 Å². The molecule has 0 aliphatic heterocycles. The van der Waals surface area contributed by atoms with E-state index < -0.39 is 11.6 Å². The van der Waals surface area contributed by atoms with E-state index in [0.717, 1.165) is 25.3 Å². The minimum atomic E-state index is -0.535. The summed E-state index contributed by atoms with van der Waals surface area (Å²) in [5.41, 5.74) is 6.94. The van der Waals surface area contributed by atoms with Crippen molar-refractivity contribution in [3.63, 3.8) is 0 Å². The van der Waals surface area contributed by atoms with Crippen LogP contribution in [0.2, 0.25) is 0 Å². The van der Waals surface area contributed by atoms with Crippen LogP contribution in [0.5, 0.6) is 0 Å². The van der Waals surface area contributed by atoms with Crippen molar-refractivity contribution in [1.82, 2.24) is 0 Å². The van der Waals surface area contributed by atoms with Gasteiger partial charge in [-0.2, -0.15) is 0 Å². The largest absolute Gasteiger partial charge is 0.327 e. The molecular formula is C15H23F2N. The molecule has 1 unspecified atom stereocenters. The summed E-state index contributed by atoms with van der Waals surface area (Å²) >= 11 is 0. The molecule has 0 spiro atoms. The Morgan fingerprint density at radius 2 is 1.67 bits per heavy atom. The molecule has 18 heavy (non-hydrogen) atoms. The first-order valence-corrected chi connectivity index (χ1v) is 6.47. The van der Waals surface area contributed by atoms with Crippen molar-refractivity contribution >= 4 is 0 Å². The van der Waals surface area contributed by atoms with Gasteiger partial charge in [0.2, 0.25) is 0 Å². The number of halogens is 2. The zero-order chi connectivity index (χ0) is 13.8. The molecule has 1 nitrogen and oxygen atoms in total. The fourth-order valence-corrected chi connectivity index (χ4v) is 2.03. The summed E-state index contributed by atoms with van der Waals surface area (Å²) < 4.78 is 26.0. The van der Waals surface area contributed by atoms with Crippen LogP contribution in [-0.2, 0) is 6.42 Å². The minimum absolute atomic E-state index is 0.0338. The van der Waals surface area contributed by atoms with Crippen molar-refractivity contribution in [1.29, 1.82) is 0 Å². The zero-order valence-corrected chi connectivity index (χ0v) is 11.5. The van der Waals surface area contributed by atoms with E-state index in [1.54, 1.807) is 0 Å². The molecule has 1 aromatic rings. The zero-order valence-electron chi connectivity index (χ0n) is 11.5. The maximum absolute atomic E-state index is 13.0. The lowest BCUT2D eigenvalue weighted by molar-refractivity contribution is 0.352. The third-order valence-electron chi connectivity index (χ3n) is 2.92. The lowest BCUT2D eigenvalue weighted by Gasteiger charge is -2.19. The molecule has 0 amide bonds. The van der Waals surface area contributed by atoms with Gasteiger partial charge >= 0.3 is 0 Å². The smallest absolute Gasteiger partial charge is 0.126 e. The summed E-state index contributed by atoms with van der Waals surface area (Å²) in [5, 5.41) is 0. The van der Waals surface area contributed by atoms with Crippen LogP contribution in [0.25, 0.3) is 0 Å². The molecule has 102 valence electrons. The first kappa shape index (κ1) is 15.1. The van der Waals surface area contributed by atoms with Crippen molar-refractivity contribution in [2.45, 2.75) is 52.5 Å². The van der Waals surface area contributed by atoms with Crippen molar-refractivity contribution in [2.75, 3.05) is 0 Å². The normalized spacial score (nSPS) is 13.7. The standard InChI is InChI=1S/C15H23F2N/c1-15(2,3)6-4-5-14(18)9-11-7-12(16)10-13(17)8-11/h7-8,10,14H,4-6,9,18H2,1-3H3. The molecule has 0 heterocycles. The Bertz CT molecular complexity index is 362. The van der Waals surface area contributed by atoms with Crippen LogP contribution in [0.3, 0.4) is 0 Å².